The van der Waals surface area contributed by atoms with Crippen molar-refractivity contribution in [3.05, 3.63) is 23.8 Å². The average Bonchev–Trinajstić information content (AvgIpc) is 2.41. The SMILES string of the molecule is Cc1cc(S(N)(=O)=O)ccc1OCCC1CCCCN1C. The number of likely N-dealkylation sites (tertiary alicyclic amines) is 1. The zero-order valence-electron chi connectivity index (χ0n) is 12.7. The Bertz CT molecular complexity index is 587. The van der Waals surface area contributed by atoms with Crippen LogP contribution in [-0.2, 0) is 10.0 Å². The van der Waals surface area contributed by atoms with Crippen LogP contribution in [0.2, 0.25) is 0 Å². The second kappa shape index (κ2) is 6.77. The molecule has 2 rings (SSSR count). The highest BCUT2D eigenvalue weighted by Gasteiger charge is 2.18. The quantitative estimate of drug-likeness (QED) is 0.901. The summed E-state index contributed by atoms with van der Waals surface area (Å²) in [4.78, 5) is 2.52. The third-order valence-electron chi connectivity index (χ3n) is 4.11. The molecule has 1 atom stereocenters. The molecule has 0 aliphatic carbocycles. The lowest BCUT2D eigenvalue weighted by molar-refractivity contribution is 0.153. The number of primary sulfonamides is 1. The van der Waals surface area contributed by atoms with Gasteiger partial charge in [-0.25, -0.2) is 13.6 Å². The Morgan fingerprint density at radius 2 is 2.14 bits per heavy atom. The normalized spacial score (nSPS) is 20.4. The van der Waals surface area contributed by atoms with E-state index in [1.165, 1.54) is 25.3 Å². The molecule has 1 unspecified atom stereocenters. The van der Waals surface area contributed by atoms with E-state index >= 15 is 0 Å². The first kappa shape index (κ1) is 16.3. The van der Waals surface area contributed by atoms with Crippen LogP contribution in [-0.4, -0.2) is 39.6 Å². The Morgan fingerprint density at radius 3 is 2.76 bits per heavy atom. The van der Waals surface area contributed by atoms with Crippen LogP contribution in [0.25, 0.3) is 0 Å². The minimum Gasteiger partial charge on any atom is -0.493 e. The Labute approximate surface area is 127 Å². The number of benzene rings is 1. The van der Waals surface area contributed by atoms with Crippen molar-refractivity contribution in [3.63, 3.8) is 0 Å². The Kier molecular flexibility index (Phi) is 5.24. The lowest BCUT2D eigenvalue weighted by Gasteiger charge is -2.32. The van der Waals surface area contributed by atoms with Crippen molar-refractivity contribution in [2.75, 3.05) is 20.2 Å². The first-order chi connectivity index (χ1) is 9.88. The number of sulfonamides is 1. The second-order valence-electron chi connectivity index (χ2n) is 5.74. The molecule has 0 spiro atoms. The first-order valence-corrected chi connectivity index (χ1v) is 8.89. The molecule has 5 nitrogen and oxygen atoms in total. The molecule has 1 aromatic rings. The van der Waals surface area contributed by atoms with Crippen molar-refractivity contribution >= 4 is 10.0 Å². The van der Waals surface area contributed by atoms with Crippen LogP contribution in [0.3, 0.4) is 0 Å². The molecule has 0 bridgehead atoms. The topological polar surface area (TPSA) is 72.6 Å². The van der Waals surface area contributed by atoms with Gasteiger partial charge in [0.2, 0.25) is 10.0 Å². The highest BCUT2D eigenvalue weighted by Crippen LogP contribution is 2.23. The molecule has 1 aliphatic heterocycles. The molecular weight excluding hydrogens is 288 g/mol. The standard InChI is InChI=1S/C15H24N2O3S/c1-12-11-14(21(16,18)19)6-7-15(12)20-10-8-13-5-3-4-9-17(13)2/h6-7,11,13H,3-5,8-10H2,1-2H3,(H2,16,18,19). The average molecular weight is 312 g/mol. The summed E-state index contributed by atoms with van der Waals surface area (Å²) in [5.41, 5.74) is 0.790. The van der Waals surface area contributed by atoms with Crippen LogP contribution in [0.5, 0.6) is 5.75 Å². The van der Waals surface area contributed by atoms with Crippen LogP contribution in [0.1, 0.15) is 31.2 Å². The summed E-state index contributed by atoms with van der Waals surface area (Å²) in [5.74, 6) is 0.723. The van der Waals surface area contributed by atoms with Gasteiger partial charge in [0.25, 0.3) is 0 Å². The highest BCUT2D eigenvalue weighted by molar-refractivity contribution is 7.89. The van der Waals surface area contributed by atoms with E-state index in [2.05, 4.69) is 11.9 Å². The van der Waals surface area contributed by atoms with Crippen molar-refractivity contribution in [2.45, 2.75) is 43.5 Å². The fraction of sp³-hybridized carbons (Fsp3) is 0.600. The molecule has 0 radical (unpaired) electrons. The van der Waals surface area contributed by atoms with Crippen molar-refractivity contribution in [3.8, 4) is 5.75 Å². The van der Waals surface area contributed by atoms with Gasteiger partial charge in [-0.2, -0.15) is 0 Å². The van der Waals surface area contributed by atoms with E-state index in [0.29, 0.717) is 12.6 Å². The number of rotatable bonds is 5. The summed E-state index contributed by atoms with van der Waals surface area (Å²) in [6.07, 6.45) is 4.79. The molecule has 21 heavy (non-hydrogen) atoms. The maximum atomic E-state index is 11.3. The largest absolute Gasteiger partial charge is 0.493 e. The fourth-order valence-electron chi connectivity index (χ4n) is 2.77. The van der Waals surface area contributed by atoms with E-state index in [1.807, 2.05) is 6.92 Å². The van der Waals surface area contributed by atoms with Crippen molar-refractivity contribution in [1.29, 1.82) is 0 Å². The maximum absolute atomic E-state index is 11.3. The second-order valence-corrected chi connectivity index (χ2v) is 7.30. The Hall–Kier alpha value is -1.11. The predicted molar refractivity (Wildman–Crippen MR) is 82.9 cm³/mol. The van der Waals surface area contributed by atoms with Crippen LogP contribution < -0.4 is 9.88 Å². The van der Waals surface area contributed by atoms with Gasteiger partial charge in [-0.3, -0.25) is 0 Å². The molecule has 6 heteroatoms. The molecule has 1 fully saturated rings. The lowest BCUT2D eigenvalue weighted by Crippen LogP contribution is -2.37. The fourth-order valence-corrected chi connectivity index (χ4v) is 3.37. The monoisotopic (exact) mass is 312 g/mol. The van der Waals surface area contributed by atoms with Gasteiger partial charge in [0.15, 0.2) is 0 Å². The number of ether oxygens (including phenoxy) is 1. The summed E-state index contributed by atoms with van der Waals surface area (Å²) in [5, 5.41) is 5.11. The number of hydrogen-bond donors (Lipinski definition) is 1. The van der Waals surface area contributed by atoms with Crippen molar-refractivity contribution in [2.24, 2.45) is 5.14 Å². The minimum atomic E-state index is -3.65. The molecule has 2 N–H and O–H groups in total. The van der Waals surface area contributed by atoms with Crippen molar-refractivity contribution < 1.29 is 13.2 Å². The van der Waals surface area contributed by atoms with Crippen LogP contribution in [0, 0.1) is 6.92 Å². The number of hydrogen-bond acceptors (Lipinski definition) is 4. The van der Waals surface area contributed by atoms with Gasteiger partial charge in [-0.15, -0.1) is 0 Å². The predicted octanol–water partition coefficient (Wildman–Crippen LogP) is 1.90. The zero-order valence-corrected chi connectivity index (χ0v) is 13.5. The van der Waals surface area contributed by atoms with Gasteiger partial charge in [0.05, 0.1) is 11.5 Å². The number of nitrogens with zero attached hydrogens (tertiary/aromatic N) is 1. The molecule has 1 saturated heterocycles. The van der Waals surface area contributed by atoms with Gasteiger partial charge >= 0.3 is 0 Å². The van der Waals surface area contributed by atoms with E-state index in [9.17, 15) is 8.42 Å². The molecule has 0 aromatic heterocycles. The third kappa shape index (κ3) is 4.43. The molecule has 118 valence electrons. The van der Waals surface area contributed by atoms with Crippen LogP contribution >= 0.6 is 0 Å². The highest BCUT2D eigenvalue weighted by atomic mass is 32.2. The van der Waals surface area contributed by atoms with E-state index in [-0.39, 0.29) is 4.90 Å². The van der Waals surface area contributed by atoms with E-state index in [4.69, 9.17) is 9.88 Å². The van der Waals surface area contributed by atoms with E-state index in [1.54, 1.807) is 12.1 Å². The molecule has 1 heterocycles. The number of nitrogens with two attached hydrogens (primary N) is 1. The maximum Gasteiger partial charge on any atom is 0.238 e. The molecule has 0 saturated carbocycles. The lowest BCUT2D eigenvalue weighted by atomic mass is 10.0. The first-order valence-electron chi connectivity index (χ1n) is 7.34. The number of aryl methyl sites for hydroxylation is 1. The smallest absolute Gasteiger partial charge is 0.238 e. The summed E-state index contributed by atoms with van der Waals surface area (Å²) in [6.45, 7) is 3.63. The third-order valence-corrected chi connectivity index (χ3v) is 5.02. The van der Waals surface area contributed by atoms with Crippen LogP contribution in [0.15, 0.2) is 23.1 Å². The van der Waals surface area contributed by atoms with Gasteiger partial charge in [0, 0.05) is 6.04 Å². The van der Waals surface area contributed by atoms with Gasteiger partial charge in [-0.1, -0.05) is 6.42 Å². The van der Waals surface area contributed by atoms with E-state index in [0.717, 1.165) is 24.3 Å². The Balaban J connectivity index is 1.91. The molecule has 0 amide bonds. The van der Waals surface area contributed by atoms with E-state index < -0.39 is 10.0 Å². The summed E-state index contributed by atoms with van der Waals surface area (Å²) < 4.78 is 28.4. The Morgan fingerprint density at radius 1 is 1.38 bits per heavy atom. The van der Waals surface area contributed by atoms with Gasteiger partial charge in [0.1, 0.15) is 5.75 Å². The summed E-state index contributed by atoms with van der Waals surface area (Å²) in [6, 6.07) is 5.31. The molecule has 1 aromatic carbocycles. The molecular formula is C15H24N2O3S. The van der Waals surface area contributed by atoms with Crippen molar-refractivity contribution in [1.82, 2.24) is 4.90 Å². The zero-order chi connectivity index (χ0) is 15.5. The summed E-state index contributed by atoms with van der Waals surface area (Å²) in [7, 11) is -1.49. The van der Waals surface area contributed by atoms with Gasteiger partial charge < -0.3 is 9.64 Å². The number of piperidine rings is 1. The van der Waals surface area contributed by atoms with Gasteiger partial charge in [-0.05, 0) is 63.5 Å². The minimum absolute atomic E-state index is 0.124. The van der Waals surface area contributed by atoms with Crippen LogP contribution in [0.4, 0.5) is 0 Å². The molecule has 1 aliphatic rings. The summed E-state index contributed by atoms with van der Waals surface area (Å²) >= 11 is 0.